The molecule has 19 heavy (non-hydrogen) atoms. The predicted molar refractivity (Wildman–Crippen MR) is 78.7 cm³/mol. The van der Waals surface area contributed by atoms with Crippen molar-refractivity contribution in [1.29, 1.82) is 0 Å². The van der Waals surface area contributed by atoms with E-state index in [1.54, 1.807) is 25.1 Å². The third-order valence-corrected chi connectivity index (χ3v) is 3.97. The number of hydrogen-bond donors (Lipinski definition) is 1. The Balaban J connectivity index is 2.32. The second-order valence-electron chi connectivity index (χ2n) is 4.04. The van der Waals surface area contributed by atoms with Crippen molar-refractivity contribution in [2.45, 2.75) is 0 Å². The number of Topliss-reactive ketones (excluding diaryl/α,β-unsaturated/α-hetero) is 1. The van der Waals surface area contributed by atoms with Crippen LogP contribution < -0.4 is 5.32 Å². The Labute approximate surface area is 125 Å². The molecule has 7 heteroatoms. The molecular formula is C12H17BrN2O3S. The number of likely N-dealkylation sites (N-methyl/N-ethyl adjacent to an activating group) is 1. The van der Waals surface area contributed by atoms with E-state index in [2.05, 4.69) is 21.2 Å². The number of amides is 1. The summed E-state index contributed by atoms with van der Waals surface area (Å²) in [5.74, 6) is -0.0948. The van der Waals surface area contributed by atoms with Crippen LogP contribution in [0.3, 0.4) is 0 Å². The van der Waals surface area contributed by atoms with Gasteiger partial charge in [0, 0.05) is 13.7 Å². The SMILES string of the molecule is COCCNC(=O)CN(C)CC(=O)c1ccc(Br)s1. The summed E-state index contributed by atoms with van der Waals surface area (Å²) in [5, 5.41) is 2.71. The van der Waals surface area contributed by atoms with Crippen LogP contribution in [0.1, 0.15) is 9.67 Å². The van der Waals surface area contributed by atoms with Crippen molar-refractivity contribution in [2.24, 2.45) is 0 Å². The Morgan fingerprint density at radius 1 is 1.42 bits per heavy atom. The lowest BCUT2D eigenvalue weighted by molar-refractivity contribution is -0.122. The molecule has 1 heterocycles. The van der Waals surface area contributed by atoms with Gasteiger partial charge in [0.05, 0.1) is 28.4 Å². The van der Waals surface area contributed by atoms with Crippen LogP contribution in [0, 0.1) is 0 Å². The molecule has 0 aliphatic rings. The summed E-state index contributed by atoms with van der Waals surface area (Å²) < 4.78 is 5.76. The number of ether oxygens (including phenoxy) is 1. The number of rotatable bonds is 8. The van der Waals surface area contributed by atoms with Gasteiger partial charge in [0.1, 0.15) is 0 Å². The molecule has 0 saturated carbocycles. The Morgan fingerprint density at radius 3 is 2.74 bits per heavy atom. The zero-order valence-electron chi connectivity index (χ0n) is 10.9. The molecule has 106 valence electrons. The molecule has 0 radical (unpaired) electrons. The number of carbonyl (C=O) groups is 2. The number of nitrogens with zero attached hydrogens (tertiary/aromatic N) is 1. The first-order chi connectivity index (χ1) is 9.02. The van der Waals surface area contributed by atoms with Gasteiger partial charge >= 0.3 is 0 Å². The summed E-state index contributed by atoms with van der Waals surface area (Å²) in [7, 11) is 3.33. The molecule has 0 saturated heterocycles. The van der Waals surface area contributed by atoms with Gasteiger partial charge in [0.15, 0.2) is 5.78 Å². The fourth-order valence-electron chi connectivity index (χ4n) is 1.44. The maximum atomic E-state index is 11.9. The first kappa shape index (κ1) is 16.3. The van der Waals surface area contributed by atoms with Crippen molar-refractivity contribution < 1.29 is 14.3 Å². The van der Waals surface area contributed by atoms with E-state index in [0.29, 0.717) is 18.0 Å². The molecule has 0 unspecified atom stereocenters. The van der Waals surface area contributed by atoms with Crippen LogP contribution in [0.5, 0.6) is 0 Å². The van der Waals surface area contributed by atoms with E-state index < -0.39 is 0 Å². The lowest BCUT2D eigenvalue weighted by atomic mass is 10.3. The van der Waals surface area contributed by atoms with Gasteiger partial charge in [-0.15, -0.1) is 11.3 Å². The number of carbonyl (C=O) groups excluding carboxylic acids is 2. The molecule has 0 aliphatic carbocycles. The van der Waals surface area contributed by atoms with Crippen molar-refractivity contribution in [3.63, 3.8) is 0 Å². The van der Waals surface area contributed by atoms with Gasteiger partial charge in [-0.2, -0.15) is 0 Å². The molecule has 0 aliphatic heterocycles. The molecule has 1 aromatic rings. The maximum Gasteiger partial charge on any atom is 0.234 e. The first-order valence-electron chi connectivity index (χ1n) is 5.75. The molecule has 0 bridgehead atoms. The Morgan fingerprint density at radius 2 is 2.16 bits per heavy atom. The van der Waals surface area contributed by atoms with Crippen LogP contribution in [0.4, 0.5) is 0 Å². The third-order valence-electron chi connectivity index (χ3n) is 2.30. The number of nitrogens with one attached hydrogen (secondary N) is 1. The van der Waals surface area contributed by atoms with Crippen molar-refractivity contribution >= 4 is 39.0 Å². The van der Waals surface area contributed by atoms with E-state index >= 15 is 0 Å². The van der Waals surface area contributed by atoms with E-state index in [4.69, 9.17) is 4.74 Å². The topological polar surface area (TPSA) is 58.6 Å². The highest BCUT2D eigenvalue weighted by Gasteiger charge is 2.13. The molecule has 1 rings (SSSR count). The molecule has 0 aromatic carbocycles. The lowest BCUT2D eigenvalue weighted by Gasteiger charge is -2.14. The number of ketones is 1. The fourth-order valence-corrected chi connectivity index (χ4v) is 2.75. The van der Waals surface area contributed by atoms with Crippen LogP contribution >= 0.6 is 27.3 Å². The van der Waals surface area contributed by atoms with Gasteiger partial charge in [-0.3, -0.25) is 14.5 Å². The minimum Gasteiger partial charge on any atom is -0.383 e. The highest BCUT2D eigenvalue weighted by Crippen LogP contribution is 2.22. The number of halogens is 1. The summed E-state index contributed by atoms with van der Waals surface area (Å²) in [5.41, 5.74) is 0. The van der Waals surface area contributed by atoms with Gasteiger partial charge in [0.2, 0.25) is 5.91 Å². The summed E-state index contributed by atoms with van der Waals surface area (Å²) in [6, 6.07) is 3.62. The van der Waals surface area contributed by atoms with Crippen LogP contribution in [0.2, 0.25) is 0 Å². The first-order valence-corrected chi connectivity index (χ1v) is 7.36. The zero-order chi connectivity index (χ0) is 14.3. The smallest absolute Gasteiger partial charge is 0.234 e. The largest absolute Gasteiger partial charge is 0.383 e. The maximum absolute atomic E-state index is 11.9. The molecule has 1 N–H and O–H groups in total. The summed E-state index contributed by atoms with van der Waals surface area (Å²) >= 11 is 4.72. The standard InChI is InChI=1S/C12H17BrN2O3S/c1-15(8-12(17)14-5-6-18-2)7-9(16)10-3-4-11(13)19-10/h3-4H,5-8H2,1-2H3,(H,14,17). The van der Waals surface area contributed by atoms with E-state index in [9.17, 15) is 9.59 Å². The van der Waals surface area contributed by atoms with Crippen LogP contribution in [-0.4, -0.2) is 57.0 Å². The quantitative estimate of drug-likeness (QED) is 0.569. The summed E-state index contributed by atoms with van der Waals surface area (Å²) in [6.07, 6.45) is 0. The second kappa shape index (κ2) is 8.42. The minimum atomic E-state index is -0.111. The lowest BCUT2D eigenvalue weighted by Crippen LogP contribution is -2.38. The second-order valence-corrected chi connectivity index (χ2v) is 6.50. The Hall–Kier alpha value is -0.760. The molecule has 0 fully saturated rings. The fraction of sp³-hybridized carbons (Fsp3) is 0.500. The van der Waals surface area contributed by atoms with Crippen molar-refractivity contribution in [2.75, 3.05) is 40.4 Å². The van der Waals surface area contributed by atoms with Crippen molar-refractivity contribution in [1.82, 2.24) is 10.2 Å². The Kier molecular flexibility index (Phi) is 7.22. The van der Waals surface area contributed by atoms with Gasteiger partial charge in [-0.05, 0) is 35.1 Å². The van der Waals surface area contributed by atoms with E-state index in [0.717, 1.165) is 3.79 Å². The monoisotopic (exact) mass is 348 g/mol. The normalized spacial score (nSPS) is 10.7. The molecule has 0 spiro atoms. The molecular weight excluding hydrogens is 332 g/mol. The molecule has 5 nitrogen and oxygen atoms in total. The van der Waals surface area contributed by atoms with E-state index in [1.807, 2.05) is 6.07 Å². The van der Waals surface area contributed by atoms with Crippen LogP contribution in [0.15, 0.2) is 15.9 Å². The van der Waals surface area contributed by atoms with Crippen molar-refractivity contribution in [3.05, 3.63) is 20.8 Å². The third kappa shape index (κ3) is 6.29. The summed E-state index contributed by atoms with van der Waals surface area (Å²) in [6.45, 7) is 1.39. The molecule has 1 amide bonds. The number of methoxy groups -OCH3 is 1. The van der Waals surface area contributed by atoms with Gasteiger partial charge in [0.25, 0.3) is 0 Å². The average molecular weight is 349 g/mol. The molecule has 1 aromatic heterocycles. The summed E-state index contributed by atoms with van der Waals surface area (Å²) in [4.78, 5) is 25.8. The number of thiophene rings is 1. The predicted octanol–water partition coefficient (Wildman–Crippen LogP) is 1.39. The van der Waals surface area contributed by atoms with E-state index in [1.165, 1.54) is 11.3 Å². The number of hydrogen-bond acceptors (Lipinski definition) is 5. The van der Waals surface area contributed by atoms with Crippen LogP contribution in [0.25, 0.3) is 0 Å². The van der Waals surface area contributed by atoms with Gasteiger partial charge < -0.3 is 10.1 Å². The molecule has 0 atom stereocenters. The highest BCUT2D eigenvalue weighted by molar-refractivity contribution is 9.11. The minimum absolute atomic E-state index is 0.0166. The van der Waals surface area contributed by atoms with Crippen LogP contribution in [-0.2, 0) is 9.53 Å². The van der Waals surface area contributed by atoms with E-state index in [-0.39, 0.29) is 24.8 Å². The van der Waals surface area contributed by atoms with Gasteiger partial charge in [-0.1, -0.05) is 0 Å². The average Bonchev–Trinajstić information content (AvgIpc) is 2.76. The van der Waals surface area contributed by atoms with Crippen molar-refractivity contribution in [3.8, 4) is 0 Å². The highest BCUT2D eigenvalue weighted by atomic mass is 79.9. The van der Waals surface area contributed by atoms with Gasteiger partial charge in [-0.25, -0.2) is 0 Å². The Bertz CT molecular complexity index is 436. The zero-order valence-corrected chi connectivity index (χ0v) is 13.3.